The third kappa shape index (κ3) is 5.23. The van der Waals surface area contributed by atoms with Crippen molar-refractivity contribution in [3.05, 3.63) is 48.0 Å². The second kappa shape index (κ2) is 9.23. The van der Waals surface area contributed by atoms with Crippen LogP contribution in [0.1, 0.15) is 30.6 Å². The minimum atomic E-state index is -3.92. The summed E-state index contributed by atoms with van der Waals surface area (Å²) in [7, 11) is -2.49. The van der Waals surface area contributed by atoms with Crippen LogP contribution in [0.3, 0.4) is 0 Å². The summed E-state index contributed by atoms with van der Waals surface area (Å²) in [5, 5.41) is 2.61. The number of carbonyl (C=O) groups is 2. The van der Waals surface area contributed by atoms with Gasteiger partial charge in [0.25, 0.3) is 10.0 Å². The maximum absolute atomic E-state index is 12.7. The molecule has 0 spiro atoms. The summed E-state index contributed by atoms with van der Waals surface area (Å²) in [5.74, 6) is -0.404. The third-order valence-corrected chi connectivity index (χ3v) is 5.10. The molecule has 0 aliphatic rings. The quantitative estimate of drug-likeness (QED) is 0.652. The highest BCUT2D eigenvalue weighted by Gasteiger charge is 2.18. The first-order valence-corrected chi connectivity index (χ1v) is 10.1. The molecule has 2 aromatic carbocycles. The number of hydrogen-bond acceptors (Lipinski definition) is 6. The Kier molecular flexibility index (Phi) is 7.00. The molecule has 0 heterocycles. The molecule has 2 rings (SSSR count). The maximum Gasteiger partial charge on any atom is 0.338 e. The number of anilines is 2. The molecule has 0 fully saturated rings. The highest BCUT2D eigenvalue weighted by Crippen LogP contribution is 2.28. The summed E-state index contributed by atoms with van der Waals surface area (Å²) < 4.78 is 37.8. The van der Waals surface area contributed by atoms with Gasteiger partial charge >= 0.3 is 5.97 Å². The van der Waals surface area contributed by atoms with E-state index in [2.05, 4.69) is 10.0 Å². The Balaban J connectivity index is 2.25. The van der Waals surface area contributed by atoms with Crippen LogP contribution in [0.5, 0.6) is 5.75 Å². The molecule has 0 atom stereocenters. The van der Waals surface area contributed by atoms with Gasteiger partial charge in [0.05, 0.1) is 29.9 Å². The fraction of sp³-hybridized carbons (Fsp3) is 0.263. The molecule has 8 nitrogen and oxygen atoms in total. The van der Waals surface area contributed by atoms with E-state index < -0.39 is 16.0 Å². The minimum Gasteiger partial charge on any atom is -0.495 e. The predicted molar refractivity (Wildman–Crippen MR) is 105 cm³/mol. The lowest BCUT2D eigenvalue weighted by Crippen LogP contribution is -2.15. The van der Waals surface area contributed by atoms with Gasteiger partial charge < -0.3 is 14.8 Å². The van der Waals surface area contributed by atoms with E-state index in [0.29, 0.717) is 11.3 Å². The second-order valence-corrected chi connectivity index (χ2v) is 7.35. The lowest BCUT2D eigenvalue weighted by atomic mass is 10.2. The van der Waals surface area contributed by atoms with Crippen molar-refractivity contribution in [2.45, 2.75) is 25.2 Å². The largest absolute Gasteiger partial charge is 0.495 e. The number of methoxy groups -OCH3 is 1. The molecule has 0 aliphatic heterocycles. The van der Waals surface area contributed by atoms with Crippen LogP contribution in [0.2, 0.25) is 0 Å². The second-order valence-electron chi connectivity index (χ2n) is 5.67. The average molecular weight is 406 g/mol. The van der Waals surface area contributed by atoms with Gasteiger partial charge in [-0.25, -0.2) is 13.2 Å². The van der Waals surface area contributed by atoms with Crippen molar-refractivity contribution in [1.82, 2.24) is 0 Å². The summed E-state index contributed by atoms with van der Waals surface area (Å²) in [4.78, 5) is 23.3. The third-order valence-electron chi connectivity index (χ3n) is 3.72. The van der Waals surface area contributed by atoms with Crippen molar-refractivity contribution in [3.63, 3.8) is 0 Å². The van der Waals surface area contributed by atoms with Crippen molar-refractivity contribution in [3.8, 4) is 5.75 Å². The Morgan fingerprint density at radius 3 is 2.29 bits per heavy atom. The molecular weight excluding hydrogens is 384 g/mol. The first-order chi connectivity index (χ1) is 13.3. The van der Waals surface area contributed by atoms with Crippen molar-refractivity contribution >= 4 is 33.3 Å². The fourth-order valence-corrected chi connectivity index (χ4v) is 3.38. The summed E-state index contributed by atoms with van der Waals surface area (Å²) >= 11 is 0. The standard InChI is InChI=1S/C19H22N2O6S/c1-4-18(22)20-16-12-15(10-11-17(16)26-3)28(24,25)21-14-8-6-13(7-9-14)19(23)27-5-2/h6-12,21H,4-5H2,1-3H3,(H,20,22). The number of sulfonamides is 1. The fourth-order valence-electron chi connectivity index (χ4n) is 2.29. The van der Waals surface area contributed by atoms with Crippen LogP contribution in [0.25, 0.3) is 0 Å². The molecule has 0 radical (unpaired) electrons. The summed E-state index contributed by atoms with van der Waals surface area (Å²) in [6, 6.07) is 10.0. The average Bonchev–Trinajstić information content (AvgIpc) is 2.68. The SMILES string of the molecule is CCOC(=O)c1ccc(NS(=O)(=O)c2ccc(OC)c(NC(=O)CC)c2)cc1. The summed E-state index contributed by atoms with van der Waals surface area (Å²) in [5.41, 5.74) is 0.858. The molecule has 2 aromatic rings. The smallest absolute Gasteiger partial charge is 0.338 e. The molecule has 0 unspecified atom stereocenters. The van der Waals surface area contributed by atoms with Gasteiger partial charge in [-0.15, -0.1) is 0 Å². The monoisotopic (exact) mass is 406 g/mol. The highest BCUT2D eigenvalue weighted by molar-refractivity contribution is 7.92. The molecule has 0 aromatic heterocycles. The Morgan fingerprint density at radius 2 is 1.71 bits per heavy atom. The summed E-state index contributed by atoms with van der Waals surface area (Å²) in [6.07, 6.45) is 0.241. The zero-order valence-corrected chi connectivity index (χ0v) is 16.6. The number of ether oxygens (including phenoxy) is 2. The normalized spacial score (nSPS) is 10.8. The van der Waals surface area contributed by atoms with Gasteiger partial charge in [-0.05, 0) is 49.4 Å². The van der Waals surface area contributed by atoms with Gasteiger partial charge in [-0.3, -0.25) is 9.52 Å². The zero-order chi connectivity index (χ0) is 20.7. The van der Waals surface area contributed by atoms with E-state index in [4.69, 9.17) is 9.47 Å². The van der Waals surface area contributed by atoms with E-state index >= 15 is 0 Å². The van der Waals surface area contributed by atoms with Gasteiger partial charge in [0, 0.05) is 12.1 Å². The lowest BCUT2D eigenvalue weighted by Gasteiger charge is -2.13. The van der Waals surface area contributed by atoms with Gasteiger partial charge in [0.1, 0.15) is 5.75 Å². The molecule has 150 valence electrons. The molecule has 28 heavy (non-hydrogen) atoms. The van der Waals surface area contributed by atoms with Gasteiger partial charge in [-0.1, -0.05) is 6.92 Å². The van der Waals surface area contributed by atoms with Crippen molar-refractivity contribution in [2.24, 2.45) is 0 Å². The minimum absolute atomic E-state index is 0.0471. The number of benzene rings is 2. The van der Waals surface area contributed by atoms with E-state index in [1.807, 2.05) is 0 Å². The van der Waals surface area contributed by atoms with Crippen LogP contribution >= 0.6 is 0 Å². The van der Waals surface area contributed by atoms with Crippen LogP contribution in [0.15, 0.2) is 47.4 Å². The van der Waals surface area contributed by atoms with Crippen LogP contribution in [-0.4, -0.2) is 34.0 Å². The molecule has 0 aliphatic carbocycles. The first-order valence-electron chi connectivity index (χ1n) is 8.58. The Labute approximate surface area is 163 Å². The number of amides is 1. The number of hydrogen-bond donors (Lipinski definition) is 2. The van der Waals surface area contributed by atoms with E-state index in [1.165, 1.54) is 49.6 Å². The highest BCUT2D eigenvalue weighted by atomic mass is 32.2. The Hall–Kier alpha value is -3.07. The van der Waals surface area contributed by atoms with E-state index in [9.17, 15) is 18.0 Å². The Bertz CT molecular complexity index is 955. The van der Waals surface area contributed by atoms with Crippen LogP contribution in [0.4, 0.5) is 11.4 Å². The maximum atomic E-state index is 12.7. The van der Waals surface area contributed by atoms with Crippen molar-refractivity contribution in [1.29, 1.82) is 0 Å². The molecule has 9 heteroatoms. The zero-order valence-electron chi connectivity index (χ0n) is 15.8. The van der Waals surface area contributed by atoms with Crippen LogP contribution in [0, 0.1) is 0 Å². The van der Waals surface area contributed by atoms with Crippen molar-refractivity contribution < 1.29 is 27.5 Å². The van der Waals surface area contributed by atoms with E-state index in [0.717, 1.165) is 0 Å². The van der Waals surface area contributed by atoms with E-state index in [-0.39, 0.29) is 35.2 Å². The predicted octanol–water partition coefficient (Wildman–Crippen LogP) is 3.02. The number of rotatable bonds is 8. The Morgan fingerprint density at radius 1 is 1.04 bits per heavy atom. The molecule has 0 saturated heterocycles. The molecule has 1 amide bonds. The molecular formula is C19H22N2O6S. The van der Waals surface area contributed by atoms with E-state index in [1.54, 1.807) is 13.8 Å². The van der Waals surface area contributed by atoms with Crippen molar-refractivity contribution in [2.75, 3.05) is 23.8 Å². The van der Waals surface area contributed by atoms with Gasteiger partial charge in [0.15, 0.2) is 0 Å². The topological polar surface area (TPSA) is 111 Å². The van der Waals surface area contributed by atoms with Crippen LogP contribution < -0.4 is 14.8 Å². The number of carbonyl (C=O) groups excluding carboxylic acids is 2. The molecule has 2 N–H and O–H groups in total. The number of esters is 1. The molecule has 0 bridgehead atoms. The lowest BCUT2D eigenvalue weighted by molar-refractivity contribution is -0.115. The summed E-state index contributed by atoms with van der Waals surface area (Å²) in [6.45, 7) is 3.64. The number of nitrogens with one attached hydrogen (secondary N) is 2. The molecule has 0 saturated carbocycles. The van der Waals surface area contributed by atoms with Gasteiger partial charge in [0.2, 0.25) is 5.91 Å². The first kappa shape index (κ1) is 21.2. The van der Waals surface area contributed by atoms with Gasteiger partial charge in [-0.2, -0.15) is 0 Å². The van der Waals surface area contributed by atoms with Crippen LogP contribution in [-0.2, 0) is 19.6 Å².